The first kappa shape index (κ1) is 18.8. The minimum absolute atomic E-state index is 0.0329. The molecular weight excluding hydrogens is 328 g/mol. The summed E-state index contributed by atoms with van der Waals surface area (Å²) >= 11 is 0. The quantitative estimate of drug-likeness (QED) is 0.771. The number of hydrogen-bond acceptors (Lipinski definition) is 2. The second-order valence-electron chi connectivity index (χ2n) is 8.58. The Hall–Kier alpha value is -0.970. The van der Waals surface area contributed by atoms with Gasteiger partial charge in [0.25, 0.3) is 0 Å². The highest BCUT2D eigenvalue weighted by Crippen LogP contribution is 2.49. The molecule has 3 nitrogen and oxygen atoms in total. The van der Waals surface area contributed by atoms with Crippen molar-refractivity contribution in [1.29, 1.82) is 0 Å². The molecule has 2 bridgehead atoms. The number of hydrogen-bond donors (Lipinski definition) is 1. The molecule has 0 spiro atoms. The third-order valence-corrected chi connectivity index (χ3v) is 7.44. The summed E-state index contributed by atoms with van der Waals surface area (Å²) in [6, 6.07) is 10.7. The molecule has 25 heavy (non-hydrogen) atoms. The average Bonchev–Trinajstić information content (AvgIpc) is 2.61. The van der Waals surface area contributed by atoms with Gasteiger partial charge in [0.2, 0.25) is 0 Å². The first-order chi connectivity index (χ1) is 11.9. The molecule has 1 unspecified atom stereocenters. The number of rotatable bonds is 6. The maximum Gasteiger partial charge on any atom is 0.0976 e. The highest BCUT2D eigenvalue weighted by atomic mass is 32.2. The molecule has 2 atom stereocenters. The van der Waals surface area contributed by atoms with Gasteiger partial charge in [0.15, 0.2) is 0 Å². The summed E-state index contributed by atoms with van der Waals surface area (Å²) in [5.41, 5.74) is 1.28. The zero-order chi connectivity index (χ0) is 18.1. The van der Waals surface area contributed by atoms with E-state index in [1.165, 1.54) is 31.2 Å². The van der Waals surface area contributed by atoms with Crippen LogP contribution in [0.1, 0.15) is 58.1 Å². The molecular formula is C21H32N2OS. The van der Waals surface area contributed by atoms with Crippen LogP contribution in [0.15, 0.2) is 43.0 Å². The van der Waals surface area contributed by atoms with Crippen LogP contribution in [0.4, 0.5) is 0 Å². The van der Waals surface area contributed by atoms with Crippen LogP contribution in [-0.2, 0) is 11.0 Å². The number of fused-ring (bicyclic) bond motifs is 3. The van der Waals surface area contributed by atoms with E-state index in [0.29, 0.717) is 0 Å². The van der Waals surface area contributed by atoms with E-state index < -0.39 is 11.0 Å². The lowest BCUT2D eigenvalue weighted by Crippen LogP contribution is -2.64. The van der Waals surface area contributed by atoms with Gasteiger partial charge in [-0.15, -0.1) is 6.58 Å². The number of nitrogens with one attached hydrogen (secondary N) is 1. The molecule has 1 N–H and O–H groups in total. The maximum absolute atomic E-state index is 13.0. The van der Waals surface area contributed by atoms with Gasteiger partial charge in [-0.05, 0) is 57.9 Å². The fourth-order valence-electron chi connectivity index (χ4n) is 4.47. The van der Waals surface area contributed by atoms with E-state index in [-0.39, 0.29) is 16.3 Å². The molecule has 138 valence electrons. The smallest absolute Gasteiger partial charge is 0.0976 e. The Kier molecular flexibility index (Phi) is 5.52. The van der Waals surface area contributed by atoms with Crippen molar-refractivity contribution in [3.8, 4) is 0 Å². The molecule has 0 aromatic heterocycles. The molecule has 1 aliphatic carbocycles. The van der Waals surface area contributed by atoms with Crippen molar-refractivity contribution >= 4 is 11.0 Å². The van der Waals surface area contributed by atoms with Crippen LogP contribution >= 0.6 is 0 Å². The Balaban J connectivity index is 2.00. The predicted molar refractivity (Wildman–Crippen MR) is 107 cm³/mol. The Morgan fingerprint density at radius 3 is 2.52 bits per heavy atom. The normalized spacial score (nSPS) is 29.3. The molecule has 3 aliphatic rings. The third kappa shape index (κ3) is 3.76. The van der Waals surface area contributed by atoms with E-state index in [9.17, 15) is 4.21 Å². The van der Waals surface area contributed by atoms with Gasteiger partial charge in [-0.25, -0.2) is 8.93 Å². The van der Waals surface area contributed by atoms with Crippen molar-refractivity contribution in [3.05, 3.63) is 48.6 Å². The lowest BCUT2D eigenvalue weighted by Gasteiger charge is -2.58. The lowest BCUT2D eigenvalue weighted by atomic mass is 9.66. The topological polar surface area (TPSA) is 32.3 Å². The van der Waals surface area contributed by atoms with E-state index in [4.69, 9.17) is 0 Å². The minimum Gasteiger partial charge on any atom is -0.292 e. The number of piperidine rings is 2. The molecule has 4 rings (SSSR count). The van der Waals surface area contributed by atoms with Crippen LogP contribution in [0.25, 0.3) is 0 Å². The first-order valence-electron chi connectivity index (χ1n) is 9.46. The highest BCUT2D eigenvalue weighted by molar-refractivity contribution is 7.84. The number of nitrogens with zero attached hydrogens (tertiary/aromatic N) is 1. The van der Waals surface area contributed by atoms with Crippen molar-refractivity contribution in [2.75, 3.05) is 13.1 Å². The van der Waals surface area contributed by atoms with Gasteiger partial charge in [-0.2, -0.15) is 0 Å². The molecule has 4 heteroatoms. The van der Waals surface area contributed by atoms with E-state index in [0.717, 1.165) is 19.0 Å². The van der Waals surface area contributed by atoms with Crippen molar-refractivity contribution in [2.45, 2.75) is 62.8 Å². The monoisotopic (exact) mass is 360 g/mol. The van der Waals surface area contributed by atoms with Crippen LogP contribution in [0.3, 0.4) is 0 Å². The van der Waals surface area contributed by atoms with Crippen LogP contribution < -0.4 is 4.72 Å². The molecule has 2 heterocycles. The predicted octanol–water partition coefficient (Wildman–Crippen LogP) is 4.21. The molecule has 2 saturated heterocycles. The fourth-order valence-corrected chi connectivity index (χ4v) is 5.39. The Morgan fingerprint density at radius 1 is 1.32 bits per heavy atom. The summed E-state index contributed by atoms with van der Waals surface area (Å²) in [4.78, 5) is 2.60. The summed E-state index contributed by atoms with van der Waals surface area (Å²) in [5.74, 6) is 0.811. The molecule has 2 aliphatic heterocycles. The standard InChI is InChI=1S/C21H32N2OS/c1-5-15-23-16-17-11-13-21(23,14-12-17)19(18-9-7-6-8-10-18)22-25(24)20(2,3)4/h5-10,17,19,22H,1,11-16H2,2-4H3/t17?,19-,21?,25?/m1/s1. The van der Waals surface area contributed by atoms with Gasteiger partial charge in [-0.3, -0.25) is 4.90 Å². The minimum atomic E-state index is -1.10. The van der Waals surface area contributed by atoms with Crippen LogP contribution in [0.5, 0.6) is 0 Å². The Bertz CT molecular complexity index is 615. The third-order valence-electron chi connectivity index (χ3n) is 5.88. The summed E-state index contributed by atoms with van der Waals surface area (Å²) in [7, 11) is -1.10. The van der Waals surface area contributed by atoms with Crippen molar-refractivity contribution in [3.63, 3.8) is 0 Å². The largest absolute Gasteiger partial charge is 0.292 e. The summed E-state index contributed by atoms with van der Waals surface area (Å²) < 4.78 is 16.3. The second kappa shape index (κ2) is 7.34. The first-order valence-corrected chi connectivity index (χ1v) is 10.6. The van der Waals surface area contributed by atoms with E-state index in [2.05, 4.69) is 46.5 Å². The Labute approximate surface area is 155 Å². The number of benzene rings is 1. The fraction of sp³-hybridized carbons (Fsp3) is 0.619. The SMILES string of the molecule is C=CCN1CC2CCC1([C@H](NS(=O)C(C)(C)C)c1ccccc1)CC2. The zero-order valence-corrected chi connectivity index (χ0v) is 16.6. The van der Waals surface area contributed by atoms with Gasteiger partial charge in [0.1, 0.15) is 0 Å². The van der Waals surface area contributed by atoms with Gasteiger partial charge < -0.3 is 0 Å². The van der Waals surface area contributed by atoms with Crippen molar-refractivity contribution < 1.29 is 4.21 Å². The highest BCUT2D eigenvalue weighted by Gasteiger charge is 2.51. The molecule has 0 amide bonds. The molecule has 1 aromatic rings. The molecule has 1 aromatic carbocycles. The lowest BCUT2D eigenvalue weighted by molar-refractivity contribution is -0.0473. The van der Waals surface area contributed by atoms with Crippen LogP contribution in [0, 0.1) is 5.92 Å². The van der Waals surface area contributed by atoms with E-state index >= 15 is 0 Å². The molecule has 3 fully saturated rings. The van der Waals surface area contributed by atoms with Gasteiger partial charge >= 0.3 is 0 Å². The van der Waals surface area contributed by atoms with Gasteiger partial charge in [-0.1, -0.05) is 36.4 Å². The molecule has 0 radical (unpaired) electrons. The summed E-state index contributed by atoms with van der Waals surface area (Å²) in [5, 5.41) is 0. The van der Waals surface area contributed by atoms with Gasteiger partial charge in [0.05, 0.1) is 21.8 Å². The van der Waals surface area contributed by atoms with Crippen molar-refractivity contribution in [2.24, 2.45) is 5.92 Å². The second-order valence-corrected chi connectivity index (χ2v) is 10.6. The maximum atomic E-state index is 13.0. The van der Waals surface area contributed by atoms with Gasteiger partial charge in [0, 0.05) is 18.6 Å². The Morgan fingerprint density at radius 2 is 1.96 bits per heavy atom. The van der Waals surface area contributed by atoms with Crippen LogP contribution in [-0.4, -0.2) is 32.5 Å². The van der Waals surface area contributed by atoms with Crippen LogP contribution in [0.2, 0.25) is 0 Å². The molecule has 1 saturated carbocycles. The van der Waals surface area contributed by atoms with Crippen molar-refractivity contribution in [1.82, 2.24) is 9.62 Å². The summed E-state index contributed by atoms with van der Waals surface area (Å²) in [6.07, 6.45) is 6.91. The van der Waals surface area contributed by atoms with E-state index in [1.807, 2.05) is 26.8 Å². The zero-order valence-electron chi connectivity index (χ0n) is 15.8. The van der Waals surface area contributed by atoms with E-state index in [1.54, 1.807) is 0 Å². The average molecular weight is 361 g/mol. The summed E-state index contributed by atoms with van der Waals surface area (Å²) in [6.45, 7) is 12.1.